The van der Waals surface area contributed by atoms with Crippen molar-refractivity contribution in [3.63, 3.8) is 0 Å². The van der Waals surface area contributed by atoms with Crippen LogP contribution in [-0.2, 0) is 20.4 Å². The zero-order valence-corrected chi connectivity index (χ0v) is 16.1. The molecule has 1 heterocycles. The van der Waals surface area contributed by atoms with E-state index in [9.17, 15) is 13.2 Å². The van der Waals surface area contributed by atoms with E-state index >= 15 is 0 Å². The highest BCUT2D eigenvalue weighted by Crippen LogP contribution is 2.19. The molecule has 0 atom stereocenters. The molecule has 0 saturated heterocycles. The maximum Gasteiger partial charge on any atom is 0.239 e. The minimum atomic E-state index is -3.59. The highest BCUT2D eigenvalue weighted by Gasteiger charge is 2.19. The van der Waals surface area contributed by atoms with Crippen LogP contribution in [-0.4, -0.2) is 29.9 Å². The van der Waals surface area contributed by atoms with Crippen LogP contribution in [0.25, 0.3) is 5.69 Å². The molecular weight excluding hydrogens is 418 g/mol. The molecule has 3 rings (SSSR count). The zero-order valence-electron chi connectivity index (χ0n) is 13.7. The molecule has 0 spiro atoms. The summed E-state index contributed by atoms with van der Waals surface area (Å²) in [5, 5.41) is 6.80. The number of carbonyl (C=O) groups is 1. The number of carbonyl (C=O) groups excluding carboxylic acids is 1. The van der Waals surface area contributed by atoms with Crippen molar-refractivity contribution in [1.82, 2.24) is 9.78 Å². The van der Waals surface area contributed by atoms with Crippen LogP contribution >= 0.6 is 15.9 Å². The molecule has 1 N–H and O–H groups in total. The van der Waals surface area contributed by atoms with Gasteiger partial charge < -0.3 is 5.32 Å². The lowest BCUT2D eigenvalue weighted by molar-refractivity contribution is -0.113. The first kappa shape index (κ1) is 18.3. The lowest BCUT2D eigenvalue weighted by Crippen LogP contribution is -2.24. The van der Waals surface area contributed by atoms with Gasteiger partial charge in [-0.1, -0.05) is 40.2 Å². The second-order valence-electron chi connectivity index (χ2n) is 5.68. The lowest BCUT2D eigenvalue weighted by atomic mass is 10.2. The summed E-state index contributed by atoms with van der Waals surface area (Å²) in [6, 6.07) is 15.9. The van der Waals surface area contributed by atoms with Crippen LogP contribution in [0.2, 0.25) is 0 Å². The molecule has 0 aliphatic carbocycles. The third-order valence-corrected chi connectivity index (χ3v) is 5.52. The Morgan fingerprint density at radius 2 is 1.92 bits per heavy atom. The maximum atomic E-state index is 12.3. The Morgan fingerprint density at radius 1 is 1.12 bits per heavy atom. The number of halogens is 1. The Morgan fingerprint density at radius 3 is 2.65 bits per heavy atom. The average Bonchev–Trinajstić information content (AvgIpc) is 3.08. The molecule has 0 aliphatic rings. The highest BCUT2D eigenvalue weighted by molar-refractivity contribution is 9.10. The van der Waals surface area contributed by atoms with Gasteiger partial charge in [0.05, 0.1) is 17.1 Å². The van der Waals surface area contributed by atoms with Crippen LogP contribution in [0, 0.1) is 0 Å². The number of sulfone groups is 1. The lowest BCUT2D eigenvalue weighted by Gasteiger charge is -2.11. The number of amides is 1. The Bertz CT molecular complexity index is 1020. The van der Waals surface area contributed by atoms with Crippen molar-refractivity contribution in [2.45, 2.75) is 5.75 Å². The minimum Gasteiger partial charge on any atom is -0.323 e. The molecule has 6 nitrogen and oxygen atoms in total. The molecule has 3 aromatic rings. The van der Waals surface area contributed by atoms with Crippen molar-refractivity contribution >= 4 is 37.4 Å². The monoisotopic (exact) mass is 433 g/mol. The molecule has 0 aliphatic heterocycles. The first-order valence-electron chi connectivity index (χ1n) is 7.77. The van der Waals surface area contributed by atoms with Crippen molar-refractivity contribution < 1.29 is 13.2 Å². The summed E-state index contributed by atoms with van der Waals surface area (Å²) in [5.41, 5.74) is 1.79. The topological polar surface area (TPSA) is 81.1 Å². The fraction of sp³-hybridized carbons (Fsp3) is 0.111. The van der Waals surface area contributed by atoms with E-state index < -0.39 is 21.5 Å². The van der Waals surface area contributed by atoms with Crippen LogP contribution in [0.3, 0.4) is 0 Å². The number of hydrogen-bond acceptors (Lipinski definition) is 4. The van der Waals surface area contributed by atoms with Gasteiger partial charge in [-0.05, 0) is 35.9 Å². The van der Waals surface area contributed by atoms with E-state index in [1.807, 2.05) is 12.1 Å². The third-order valence-electron chi connectivity index (χ3n) is 3.56. The fourth-order valence-electron chi connectivity index (χ4n) is 2.51. The number of rotatable bonds is 6. The van der Waals surface area contributed by atoms with Gasteiger partial charge in [-0.15, -0.1) is 0 Å². The normalized spacial score (nSPS) is 11.3. The van der Waals surface area contributed by atoms with E-state index in [-0.39, 0.29) is 5.75 Å². The van der Waals surface area contributed by atoms with Gasteiger partial charge in [0, 0.05) is 16.9 Å². The van der Waals surface area contributed by atoms with Gasteiger partial charge in [0.1, 0.15) is 5.75 Å². The summed E-state index contributed by atoms with van der Waals surface area (Å²) in [7, 11) is -3.59. The molecule has 0 fully saturated rings. The summed E-state index contributed by atoms with van der Waals surface area (Å²) < 4.78 is 27.1. The SMILES string of the molecule is O=C(CS(=O)(=O)Cc1cccc(Br)c1)Nc1ccccc1-n1cccn1. The summed E-state index contributed by atoms with van der Waals surface area (Å²) >= 11 is 3.31. The first-order valence-corrected chi connectivity index (χ1v) is 10.4. The highest BCUT2D eigenvalue weighted by atomic mass is 79.9. The standard InChI is InChI=1S/C18H16BrN3O3S/c19-15-6-3-5-14(11-15)12-26(24,25)13-18(23)21-16-7-1-2-8-17(16)22-10-4-9-20-22/h1-11H,12-13H2,(H,21,23). The Kier molecular flexibility index (Phi) is 5.53. The third kappa shape index (κ3) is 4.80. The van der Waals surface area contributed by atoms with Crippen LogP contribution in [0.5, 0.6) is 0 Å². The molecule has 8 heteroatoms. The van der Waals surface area contributed by atoms with E-state index in [1.165, 1.54) is 0 Å². The van der Waals surface area contributed by atoms with Gasteiger partial charge in [-0.3, -0.25) is 4.79 Å². The number of anilines is 1. The number of aromatic nitrogens is 2. The Hall–Kier alpha value is -2.45. The molecule has 0 radical (unpaired) electrons. The van der Waals surface area contributed by atoms with E-state index in [0.29, 0.717) is 16.9 Å². The van der Waals surface area contributed by atoms with Gasteiger partial charge in [0.25, 0.3) is 0 Å². The Labute approximate surface area is 159 Å². The summed E-state index contributed by atoms with van der Waals surface area (Å²) in [5.74, 6) is -1.37. The van der Waals surface area contributed by atoms with Gasteiger partial charge >= 0.3 is 0 Å². The maximum absolute atomic E-state index is 12.3. The number of hydrogen-bond donors (Lipinski definition) is 1. The Balaban J connectivity index is 1.71. The van der Waals surface area contributed by atoms with Crippen LogP contribution in [0.15, 0.2) is 71.5 Å². The van der Waals surface area contributed by atoms with Crippen LogP contribution < -0.4 is 5.32 Å². The van der Waals surface area contributed by atoms with E-state index in [0.717, 1.165) is 4.47 Å². The molecule has 134 valence electrons. The van der Waals surface area contributed by atoms with Gasteiger partial charge in [0.15, 0.2) is 9.84 Å². The van der Waals surface area contributed by atoms with E-state index in [2.05, 4.69) is 26.3 Å². The minimum absolute atomic E-state index is 0.194. The number of nitrogens with one attached hydrogen (secondary N) is 1. The molecule has 0 unspecified atom stereocenters. The molecular formula is C18H16BrN3O3S. The van der Waals surface area contributed by atoms with Gasteiger partial charge in [-0.2, -0.15) is 5.10 Å². The fourth-order valence-corrected chi connectivity index (χ4v) is 4.22. The van der Waals surface area contributed by atoms with Crippen molar-refractivity contribution in [1.29, 1.82) is 0 Å². The second kappa shape index (κ2) is 7.84. The molecule has 1 aromatic heterocycles. The van der Waals surface area contributed by atoms with Crippen LogP contribution in [0.4, 0.5) is 5.69 Å². The van der Waals surface area contributed by atoms with Crippen molar-refractivity contribution in [2.24, 2.45) is 0 Å². The smallest absolute Gasteiger partial charge is 0.239 e. The zero-order chi connectivity index (χ0) is 18.6. The quantitative estimate of drug-likeness (QED) is 0.646. The van der Waals surface area contributed by atoms with Crippen LogP contribution in [0.1, 0.15) is 5.56 Å². The number of para-hydroxylation sites is 2. The molecule has 26 heavy (non-hydrogen) atoms. The number of benzene rings is 2. The van der Waals surface area contributed by atoms with Crippen molar-refractivity contribution in [3.8, 4) is 5.69 Å². The van der Waals surface area contributed by atoms with Gasteiger partial charge in [0.2, 0.25) is 5.91 Å². The van der Waals surface area contributed by atoms with Crippen molar-refractivity contribution in [3.05, 3.63) is 77.0 Å². The molecule has 0 bridgehead atoms. The average molecular weight is 434 g/mol. The second-order valence-corrected chi connectivity index (χ2v) is 8.66. The predicted octanol–water partition coefficient (Wildman–Crippen LogP) is 3.19. The van der Waals surface area contributed by atoms with Gasteiger partial charge in [-0.25, -0.2) is 13.1 Å². The van der Waals surface area contributed by atoms with E-state index in [4.69, 9.17) is 0 Å². The largest absolute Gasteiger partial charge is 0.323 e. The summed E-state index contributed by atoms with van der Waals surface area (Å²) in [6.45, 7) is 0. The summed E-state index contributed by atoms with van der Waals surface area (Å²) in [6.07, 6.45) is 3.37. The molecule has 0 saturated carbocycles. The van der Waals surface area contributed by atoms with E-state index in [1.54, 1.807) is 59.5 Å². The first-order chi connectivity index (χ1) is 12.4. The predicted molar refractivity (Wildman–Crippen MR) is 104 cm³/mol. The summed E-state index contributed by atoms with van der Waals surface area (Å²) in [4.78, 5) is 12.3. The molecule has 1 amide bonds. The molecule has 2 aromatic carbocycles. The van der Waals surface area contributed by atoms with Crippen molar-refractivity contribution in [2.75, 3.05) is 11.1 Å². The number of nitrogens with zero attached hydrogens (tertiary/aromatic N) is 2.